The van der Waals surface area contributed by atoms with Crippen molar-refractivity contribution in [1.82, 2.24) is 15.3 Å². The van der Waals surface area contributed by atoms with Gasteiger partial charge in [-0.25, -0.2) is 17.6 Å². The van der Waals surface area contributed by atoms with Crippen molar-refractivity contribution in [3.63, 3.8) is 0 Å². The summed E-state index contributed by atoms with van der Waals surface area (Å²) in [5.41, 5.74) is -2.29. The molecule has 3 N–H and O–H groups in total. The molecule has 0 fully saturated rings. The van der Waals surface area contributed by atoms with Crippen LogP contribution in [0.1, 0.15) is 52.6 Å². The lowest BCUT2D eigenvalue weighted by molar-refractivity contribution is -0.0158. The third-order valence-electron chi connectivity index (χ3n) is 5.16. The summed E-state index contributed by atoms with van der Waals surface area (Å²) < 4.78 is 55.7. The molecule has 178 valence electrons. The third-order valence-corrected chi connectivity index (χ3v) is 5.16. The fourth-order valence-corrected chi connectivity index (χ4v) is 3.41. The molecule has 33 heavy (non-hydrogen) atoms. The SMILES string of the molecule is CCCC(F)(F)CCN1CNC(=O)c2c(O)c(=O)c(C(=O)NCc3ccc(F)cc3F)cn21. The van der Waals surface area contributed by atoms with E-state index in [9.17, 15) is 37.1 Å². The van der Waals surface area contributed by atoms with Gasteiger partial charge in [-0.3, -0.25) is 24.1 Å². The van der Waals surface area contributed by atoms with Crippen LogP contribution in [-0.4, -0.2) is 40.7 Å². The average molecular weight is 470 g/mol. The van der Waals surface area contributed by atoms with E-state index in [4.69, 9.17) is 0 Å². The summed E-state index contributed by atoms with van der Waals surface area (Å²) in [5, 5.41) is 16.2. The summed E-state index contributed by atoms with van der Waals surface area (Å²) in [6.07, 6.45) is 0.342. The highest BCUT2D eigenvalue weighted by atomic mass is 19.3. The van der Waals surface area contributed by atoms with Gasteiger partial charge in [-0.05, 0) is 6.07 Å². The van der Waals surface area contributed by atoms with Crippen LogP contribution >= 0.6 is 0 Å². The zero-order chi connectivity index (χ0) is 24.3. The van der Waals surface area contributed by atoms with Crippen molar-refractivity contribution in [3.05, 3.63) is 63.1 Å². The fraction of sp³-hybridized carbons (Fsp3) is 0.381. The van der Waals surface area contributed by atoms with E-state index in [2.05, 4.69) is 10.6 Å². The number of benzene rings is 1. The topological polar surface area (TPSA) is 104 Å². The van der Waals surface area contributed by atoms with Gasteiger partial charge >= 0.3 is 0 Å². The Morgan fingerprint density at radius 2 is 1.97 bits per heavy atom. The second kappa shape index (κ2) is 9.51. The van der Waals surface area contributed by atoms with E-state index in [0.717, 1.165) is 23.0 Å². The van der Waals surface area contributed by atoms with Gasteiger partial charge < -0.3 is 15.7 Å². The molecule has 1 aliphatic rings. The van der Waals surface area contributed by atoms with Crippen LogP contribution in [0.15, 0.2) is 29.2 Å². The van der Waals surface area contributed by atoms with Gasteiger partial charge in [-0.15, -0.1) is 0 Å². The second-order valence-electron chi connectivity index (χ2n) is 7.58. The first-order valence-corrected chi connectivity index (χ1v) is 10.2. The molecule has 0 unspecified atom stereocenters. The molecular formula is C21H22F4N4O4. The Morgan fingerprint density at radius 3 is 2.64 bits per heavy atom. The molecular weight excluding hydrogens is 448 g/mol. The van der Waals surface area contributed by atoms with E-state index in [1.165, 1.54) is 5.01 Å². The molecule has 0 spiro atoms. The van der Waals surface area contributed by atoms with Gasteiger partial charge in [0.1, 0.15) is 23.9 Å². The normalized spacial score (nSPS) is 13.5. The van der Waals surface area contributed by atoms with Gasteiger partial charge in [0.25, 0.3) is 11.8 Å². The Morgan fingerprint density at radius 1 is 1.24 bits per heavy atom. The van der Waals surface area contributed by atoms with Crippen molar-refractivity contribution >= 4 is 11.8 Å². The lowest BCUT2D eigenvalue weighted by atomic mass is 10.1. The minimum Gasteiger partial charge on any atom is -0.502 e. The van der Waals surface area contributed by atoms with Gasteiger partial charge in [0.15, 0.2) is 11.4 Å². The largest absolute Gasteiger partial charge is 0.502 e. The van der Waals surface area contributed by atoms with Crippen molar-refractivity contribution in [2.24, 2.45) is 0 Å². The second-order valence-corrected chi connectivity index (χ2v) is 7.58. The minimum absolute atomic E-state index is 0.0498. The number of carbonyl (C=O) groups excluding carboxylic acids is 2. The molecule has 3 rings (SSSR count). The van der Waals surface area contributed by atoms with Crippen LogP contribution in [0.5, 0.6) is 5.75 Å². The number of rotatable bonds is 8. The van der Waals surface area contributed by atoms with E-state index in [1.807, 2.05) is 0 Å². The predicted octanol–water partition coefficient (Wildman–Crippen LogP) is 2.23. The number of pyridine rings is 1. The molecule has 0 saturated heterocycles. The van der Waals surface area contributed by atoms with Crippen molar-refractivity contribution in [3.8, 4) is 5.75 Å². The third kappa shape index (κ3) is 5.26. The van der Waals surface area contributed by atoms with Crippen molar-refractivity contribution in [1.29, 1.82) is 0 Å². The maximum absolute atomic E-state index is 14.0. The van der Waals surface area contributed by atoms with Gasteiger partial charge in [-0.1, -0.05) is 19.4 Å². The number of carbonyl (C=O) groups is 2. The number of aromatic nitrogens is 1. The number of nitrogens with zero attached hydrogens (tertiary/aromatic N) is 2. The summed E-state index contributed by atoms with van der Waals surface area (Å²) in [6.45, 7) is 0.790. The molecule has 2 heterocycles. The van der Waals surface area contributed by atoms with E-state index in [0.29, 0.717) is 6.07 Å². The molecule has 2 amide bonds. The van der Waals surface area contributed by atoms with Crippen LogP contribution in [0.2, 0.25) is 0 Å². The molecule has 8 nitrogen and oxygen atoms in total. The molecule has 0 bridgehead atoms. The van der Waals surface area contributed by atoms with Gasteiger partial charge in [0.05, 0.1) is 0 Å². The smallest absolute Gasteiger partial charge is 0.275 e. The van der Waals surface area contributed by atoms with Crippen LogP contribution in [0.3, 0.4) is 0 Å². The molecule has 0 atom stereocenters. The van der Waals surface area contributed by atoms with E-state index < -0.39 is 58.2 Å². The summed E-state index contributed by atoms with van der Waals surface area (Å²) >= 11 is 0. The molecule has 1 aromatic heterocycles. The quantitative estimate of drug-likeness (QED) is 0.514. The van der Waals surface area contributed by atoms with Crippen LogP contribution in [0, 0.1) is 11.6 Å². The van der Waals surface area contributed by atoms with Crippen LogP contribution in [0.25, 0.3) is 0 Å². The lowest BCUT2D eigenvalue weighted by Crippen LogP contribution is -2.53. The Bertz CT molecular complexity index is 1140. The summed E-state index contributed by atoms with van der Waals surface area (Å²) in [5.74, 6) is -7.52. The monoisotopic (exact) mass is 470 g/mol. The molecule has 0 aliphatic carbocycles. The molecule has 0 saturated carbocycles. The van der Waals surface area contributed by atoms with Crippen LogP contribution in [0.4, 0.5) is 17.6 Å². The number of fused-ring (bicyclic) bond motifs is 1. The number of aromatic hydroxyl groups is 1. The van der Waals surface area contributed by atoms with Crippen LogP contribution in [-0.2, 0) is 6.54 Å². The highest BCUT2D eigenvalue weighted by molar-refractivity contribution is 5.99. The highest BCUT2D eigenvalue weighted by Crippen LogP contribution is 2.25. The number of alkyl halides is 2. The first kappa shape index (κ1) is 24.1. The van der Waals surface area contributed by atoms with E-state index in [1.54, 1.807) is 6.92 Å². The van der Waals surface area contributed by atoms with Gasteiger partial charge in [0, 0.05) is 43.8 Å². The van der Waals surface area contributed by atoms with E-state index in [-0.39, 0.29) is 38.2 Å². The summed E-state index contributed by atoms with van der Waals surface area (Å²) in [7, 11) is 0. The zero-order valence-electron chi connectivity index (χ0n) is 17.6. The first-order chi connectivity index (χ1) is 15.5. The Balaban J connectivity index is 1.88. The molecule has 0 radical (unpaired) electrons. The maximum Gasteiger partial charge on any atom is 0.275 e. The Hall–Kier alpha value is -3.57. The minimum atomic E-state index is -2.96. The maximum atomic E-state index is 14.0. The fourth-order valence-electron chi connectivity index (χ4n) is 3.41. The standard InChI is InChI=1S/C21H22F4N4O4/c1-2-5-21(24,25)6-7-28-11-27-20(33)16-18(31)17(30)14(10-29(16)28)19(32)26-9-12-3-4-13(22)8-15(12)23/h3-4,8,10,31H,2,5-7,9,11H2,1H3,(H,26,32)(H,27,33). The molecule has 1 aliphatic heterocycles. The highest BCUT2D eigenvalue weighted by Gasteiger charge is 2.33. The number of amides is 2. The number of hydrogen-bond donors (Lipinski definition) is 3. The van der Waals surface area contributed by atoms with E-state index >= 15 is 0 Å². The number of hydrogen-bond acceptors (Lipinski definition) is 5. The molecule has 1 aromatic carbocycles. The van der Waals surface area contributed by atoms with Crippen molar-refractivity contribution < 1.29 is 32.3 Å². The number of halogens is 4. The molecule has 2 aromatic rings. The van der Waals surface area contributed by atoms with Gasteiger partial charge in [-0.2, -0.15) is 0 Å². The van der Waals surface area contributed by atoms with Crippen LogP contribution < -0.4 is 21.1 Å². The van der Waals surface area contributed by atoms with Crippen molar-refractivity contribution in [2.75, 3.05) is 18.2 Å². The zero-order valence-corrected chi connectivity index (χ0v) is 17.6. The predicted molar refractivity (Wildman–Crippen MR) is 110 cm³/mol. The summed E-state index contributed by atoms with van der Waals surface area (Å²) in [4.78, 5) is 37.3. The number of nitrogens with one attached hydrogen (secondary N) is 2. The Kier molecular flexibility index (Phi) is 6.94. The first-order valence-electron chi connectivity index (χ1n) is 10.2. The average Bonchev–Trinajstić information content (AvgIpc) is 2.74. The van der Waals surface area contributed by atoms with Crippen molar-refractivity contribution in [2.45, 2.75) is 38.7 Å². The Labute approximate surface area is 185 Å². The lowest BCUT2D eigenvalue weighted by Gasteiger charge is -2.34. The molecule has 12 heteroatoms. The summed E-state index contributed by atoms with van der Waals surface area (Å²) in [6, 6.07) is 2.74. The van der Waals surface area contributed by atoms with Gasteiger partial charge in [0.2, 0.25) is 11.4 Å².